The van der Waals surface area contributed by atoms with E-state index in [4.69, 9.17) is 10.5 Å². The van der Waals surface area contributed by atoms with Crippen LogP contribution in [-0.2, 0) is 14.6 Å². The summed E-state index contributed by atoms with van der Waals surface area (Å²) in [7, 11) is -3.32. The largest absolute Gasteiger partial charge is 0.478 e. The van der Waals surface area contributed by atoms with E-state index in [0.29, 0.717) is 0 Å². The summed E-state index contributed by atoms with van der Waals surface area (Å²) in [5.74, 6) is -0.257. The van der Waals surface area contributed by atoms with Gasteiger partial charge in [-0.2, -0.15) is 0 Å². The van der Waals surface area contributed by atoms with E-state index in [1.54, 1.807) is 0 Å². The maximum Gasteiger partial charge on any atom is 0.199 e. The van der Waals surface area contributed by atoms with Gasteiger partial charge < -0.3 is 10.5 Å². The molecule has 4 nitrogen and oxygen atoms in total. The second-order valence-electron chi connectivity index (χ2n) is 3.77. The molecular formula is C11H13NO3S. The number of rotatable bonds is 2. The average molecular weight is 239 g/mol. The molecule has 1 aliphatic rings. The Bertz CT molecular complexity index is 519. The Morgan fingerprint density at radius 3 is 2.50 bits per heavy atom. The average Bonchev–Trinajstić information content (AvgIpc) is 2.61. The van der Waals surface area contributed by atoms with Crippen LogP contribution in [0.2, 0.25) is 0 Å². The van der Waals surface area contributed by atoms with Crippen molar-refractivity contribution in [2.75, 3.05) is 12.9 Å². The first-order chi connectivity index (χ1) is 7.50. The van der Waals surface area contributed by atoms with Crippen molar-refractivity contribution in [3.63, 3.8) is 0 Å². The third-order valence-corrected chi connectivity index (χ3v) is 3.85. The minimum atomic E-state index is -3.32. The van der Waals surface area contributed by atoms with E-state index >= 15 is 0 Å². The molecule has 0 spiro atoms. The monoisotopic (exact) mass is 239 g/mol. The standard InChI is InChI=1S/C11H13NO3S/c1-16(13,14)10-9(7-15-11(10)12)8-5-3-2-4-6-8/h2-6,9H,7,12H2,1H3. The lowest BCUT2D eigenvalue weighted by molar-refractivity contribution is 0.232. The molecule has 0 saturated heterocycles. The first-order valence-corrected chi connectivity index (χ1v) is 6.76. The van der Waals surface area contributed by atoms with Crippen molar-refractivity contribution in [2.24, 2.45) is 5.73 Å². The van der Waals surface area contributed by atoms with Gasteiger partial charge in [-0.15, -0.1) is 0 Å². The van der Waals surface area contributed by atoms with Crippen molar-refractivity contribution < 1.29 is 13.2 Å². The van der Waals surface area contributed by atoms with E-state index in [1.165, 1.54) is 0 Å². The van der Waals surface area contributed by atoms with Crippen molar-refractivity contribution in [2.45, 2.75) is 5.92 Å². The molecule has 0 bridgehead atoms. The normalized spacial score (nSPS) is 20.9. The lowest BCUT2D eigenvalue weighted by Gasteiger charge is -2.10. The minimum absolute atomic E-state index is 0.0244. The van der Waals surface area contributed by atoms with Crippen LogP contribution < -0.4 is 5.73 Å². The summed E-state index contributed by atoms with van der Waals surface area (Å²) in [6, 6.07) is 9.36. The molecule has 0 amide bonds. The fourth-order valence-corrected chi connectivity index (χ4v) is 3.01. The van der Waals surface area contributed by atoms with Crippen LogP contribution in [-0.4, -0.2) is 21.3 Å². The highest BCUT2D eigenvalue weighted by Gasteiger charge is 2.34. The molecular weight excluding hydrogens is 226 g/mol. The van der Waals surface area contributed by atoms with Gasteiger partial charge in [0.25, 0.3) is 0 Å². The quantitative estimate of drug-likeness (QED) is 0.835. The van der Waals surface area contributed by atoms with Gasteiger partial charge in [-0.25, -0.2) is 8.42 Å². The number of sulfone groups is 1. The van der Waals surface area contributed by atoms with Crippen molar-refractivity contribution >= 4 is 9.84 Å². The Labute approximate surface area is 94.6 Å². The fourth-order valence-electron chi connectivity index (χ4n) is 1.87. The summed E-state index contributed by atoms with van der Waals surface area (Å²) in [4.78, 5) is 0.193. The van der Waals surface area contributed by atoms with E-state index in [9.17, 15) is 8.42 Å². The molecule has 2 N–H and O–H groups in total. The summed E-state index contributed by atoms with van der Waals surface area (Å²) < 4.78 is 28.4. The highest BCUT2D eigenvalue weighted by Crippen LogP contribution is 2.34. The van der Waals surface area contributed by atoms with Crippen LogP contribution in [0.5, 0.6) is 0 Å². The second kappa shape index (κ2) is 3.83. The Kier molecular flexibility index (Phi) is 2.63. The van der Waals surface area contributed by atoms with E-state index in [-0.39, 0.29) is 23.3 Å². The SMILES string of the molecule is CS(=O)(=O)C1=C(N)OCC1c1ccccc1. The first-order valence-electron chi connectivity index (χ1n) is 4.87. The molecule has 0 aliphatic carbocycles. The first kappa shape index (κ1) is 11.0. The molecule has 86 valence electrons. The van der Waals surface area contributed by atoms with Crippen molar-refractivity contribution in [3.05, 3.63) is 46.7 Å². The van der Waals surface area contributed by atoms with Gasteiger partial charge in [0.1, 0.15) is 11.5 Å². The van der Waals surface area contributed by atoms with Crippen LogP contribution in [0.1, 0.15) is 11.5 Å². The lowest BCUT2D eigenvalue weighted by atomic mass is 10.0. The molecule has 0 aromatic heterocycles. The molecule has 1 aromatic rings. The molecule has 0 radical (unpaired) electrons. The van der Waals surface area contributed by atoms with Gasteiger partial charge >= 0.3 is 0 Å². The van der Waals surface area contributed by atoms with Crippen LogP contribution in [0, 0.1) is 0 Å². The molecule has 1 atom stereocenters. The predicted molar refractivity (Wildman–Crippen MR) is 61.2 cm³/mol. The van der Waals surface area contributed by atoms with Gasteiger partial charge in [0.05, 0.1) is 5.92 Å². The zero-order valence-corrected chi connectivity index (χ0v) is 9.70. The zero-order chi connectivity index (χ0) is 11.8. The summed E-state index contributed by atoms with van der Waals surface area (Å²) in [5.41, 5.74) is 6.48. The maximum atomic E-state index is 11.6. The van der Waals surface area contributed by atoms with Crippen LogP contribution in [0.3, 0.4) is 0 Å². The zero-order valence-electron chi connectivity index (χ0n) is 8.88. The van der Waals surface area contributed by atoms with Crippen molar-refractivity contribution in [3.8, 4) is 0 Å². The van der Waals surface area contributed by atoms with Crippen LogP contribution in [0.15, 0.2) is 41.1 Å². The van der Waals surface area contributed by atoms with E-state index < -0.39 is 9.84 Å². The number of hydrogen-bond donors (Lipinski definition) is 1. The Morgan fingerprint density at radius 1 is 1.31 bits per heavy atom. The Balaban J connectivity index is 2.47. The van der Waals surface area contributed by atoms with Crippen molar-refractivity contribution in [1.29, 1.82) is 0 Å². The summed E-state index contributed by atoms with van der Waals surface area (Å²) in [5, 5.41) is 0. The number of hydrogen-bond acceptors (Lipinski definition) is 4. The summed E-state index contributed by atoms with van der Waals surface area (Å²) >= 11 is 0. The van der Waals surface area contributed by atoms with Crippen LogP contribution >= 0.6 is 0 Å². The maximum absolute atomic E-state index is 11.6. The summed E-state index contributed by atoms with van der Waals surface area (Å²) in [6.45, 7) is 0.290. The third-order valence-electron chi connectivity index (χ3n) is 2.57. The molecule has 2 rings (SSSR count). The molecule has 1 unspecified atom stereocenters. The molecule has 1 aliphatic heterocycles. The second-order valence-corrected chi connectivity index (χ2v) is 5.76. The molecule has 0 fully saturated rings. The molecule has 1 heterocycles. The van der Waals surface area contributed by atoms with Crippen LogP contribution in [0.4, 0.5) is 0 Å². The molecule has 0 saturated carbocycles. The smallest absolute Gasteiger partial charge is 0.199 e. The number of ether oxygens (including phenoxy) is 1. The lowest BCUT2D eigenvalue weighted by Crippen LogP contribution is -2.12. The molecule has 1 aromatic carbocycles. The van der Waals surface area contributed by atoms with Gasteiger partial charge in [-0.05, 0) is 5.56 Å². The van der Waals surface area contributed by atoms with Gasteiger partial charge in [-0.1, -0.05) is 30.3 Å². The molecule has 5 heteroatoms. The van der Waals surface area contributed by atoms with Crippen molar-refractivity contribution in [1.82, 2.24) is 0 Å². The highest BCUT2D eigenvalue weighted by atomic mass is 32.2. The highest BCUT2D eigenvalue weighted by molar-refractivity contribution is 7.94. The predicted octanol–water partition coefficient (Wildman–Crippen LogP) is 0.973. The fraction of sp³-hybridized carbons (Fsp3) is 0.273. The number of nitrogens with two attached hydrogens (primary N) is 1. The Morgan fingerprint density at radius 2 is 1.94 bits per heavy atom. The van der Waals surface area contributed by atoms with E-state index in [1.807, 2.05) is 30.3 Å². The van der Waals surface area contributed by atoms with Gasteiger partial charge in [0, 0.05) is 6.26 Å². The third kappa shape index (κ3) is 1.90. The minimum Gasteiger partial charge on any atom is -0.478 e. The summed E-state index contributed by atoms with van der Waals surface area (Å²) in [6.07, 6.45) is 1.15. The van der Waals surface area contributed by atoms with E-state index in [2.05, 4.69) is 0 Å². The number of benzene rings is 1. The Hall–Kier alpha value is -1.49. The molecule has 16 heavy (non-hydrogen) atoms. The van der Waals surface area contributed by atoms with Gasteiger partial charge in [0.2, 0.25) is 0 Å². The van der Waals surface area contributed by atoms with Gasteiger partial charge in [-0.3, -0.25) is 0 Å². The van der Waals surface area contributed by atoms with Gasteiger partial charge in [0.15, 0.2) is 15.7 Å². The van der Waals surface area contributed by atoms with Crippen LogP contribution in [0.25, 0.3) is 0 Å². The topological polar surface area (TPSA) is 69.4 Å². The van der Waals surface area contributed by atoms with E-state index in [0.717, 1.165) is 11.8 Å².